The third kappa shape index (κ3) is 3.55. The highest BCUT2D eigenvalue weighted by Crippen LogP contribution is 2.17. The molecule has 0 radical (unpaired) electrons. The highest BCUT2D eigenvalue weighted by atomic mass is 16.5. The lowest BCUT2D eigenvalue weighted by Gasteiger charge is -2.32. The smallest absolute Gasteiger partial charge is 0.254 e. The summed E-state index contributed by atoms with van der Waals surface area (Å²) in [7, 11) is 0. The molecule has 19 heavy (non-hydrogen) atoms. The number of hydrogen-bond donors (Lipinski definition) is 1. The van der Waals surface area contributed by atoms with E-state index in [4.69, 9.17) is 10.5 Å². The van der Waals surface area contributed by atoms with Gasteiger partial charge in [0.05, 0.1) is 12.7 Å². The molecule has 0 atom stereocenters. The van der Waals surface area contributed by atoms with Gasteiger partial charge in [0.2, 0.25) is 0 Å². The Morgan fingerprint density at radius 2 is 2.05 bits per heavy atom. The topological polar surface area (TPSA) is 55.6 Å². The Kier molecular flexibility index (Phi) is 4.93. The molecule has 4 nitrogen and oxygen atoms in total. The summed E-state index contributed by atoms with van der Waals surface area (Å²) in [6.07, 6.45) is 2.05. The number of carbonyl (C=O) groups is 1. The molecule has 2 N–H and O–H groups in total. The number of piperidine rings is 1. The number of nitrogens with zero attached hydrogens (tertiary/aromatic N) is 1. The largest absolute Gasteiger partial charge is 0.377 e. The van der Waals surface area contributed by atoms with Gasteiger partial charge in [-0.25, -0.2) is 0 Å². The minimum atomic E-state index is 0.135. The molecule has 0 saturated carbocycles. The zero-order valence-electron chi connectivity index (χ0n) is 11.5. The lowest BCUT2D eigenvalue weighted by Crippen LogP contribution is -2.41. The summed E-state index contributed by atoms with van der Waals surface area (Å²) < 4.78 is 5.63. The SMILES string of the molecule is Cc1ccccc1C(=O)N1CCC(OCCN)CC1. The molecule has 0 bridgehead atoms. The van der Waals surface area contributed by atoms with Crippen molar-refractivity contribution in [2.75, 3.05) is 26.2 Å². The summed E-state index contributed by atoms with van der Waals surface area (Å²) >= 11 is 0. The molecule has 1 aliphatic rings. The number of rotatable bonds is 4. The van der Waals surface area contributed by atoms with Crippen LogP contribution in [0.25, 0.3) is 0 Å². The molecule has 1 saturated heterocycles. The summed E-state index contributed by atoms with van der Waals surface area (Å²) in [4.78, 5) is 14.3. The van der Waals surface area contributed by atoms with E-state index in [-0.39, 0.29) is 12.0 Å². The second kappa shape index (κ2) is 6.68. The molecule has 1 amide bonds. The maximum absolute atomic E-state index is 12.4. The van der Waals surface area contributed by atoms with E-state index in [2.05, 4.69) is 0 Å². The van der Waals surface area contributed by atoms with Crippen LogP contribution in [0, 0.1) is 6.92 Å². The Hall–Kier alpha value is -1.39. The number of carbonyl (C=O) groups excluding carboxylic acids is 1. The van der Waals surface area contributed by atoms with Crippen molar-refractivity contribution in [3.8, 4) is 0 Å². The Balaban J connectivity index is 1.91. The Bertz CT molecular complexity index is 426. The molecular weight excluding hydrogens is 240 g/mol. The van der Waals surface area contributed by atoms with Crippen molar-refractivity contribution in [3.05, 3.63) is 35.4 Å². The van der Waals surface area contributed by atoms with Crippen LogP contribution in [0.2, 0.25) is 0 Å². The van der Waals surface area contributed by atoms with Crippen molar-refractivity contribution < 1.29 is 9.53 Å². The lowest BCUT2D eigenvalue weighted by molar-refractivity contribution is 0.0121. The maximum Gasteiger partial charge on any atom is 0.254 e. The fourth-order valence-corrected chi connectivity index (χ4v) is 2.44. The Labute approximate surface area is 114 Å². The molecule has 1 aromatic carbocycles. The molecule has 1 fully saturated rings. The van der Waals surface area contributed by atoms with Gasteiger partial charge in [0.1, 0.15) is 0 Å². The Morgan fingerprint density at radius 1 is 1.37 bits per heavy atom. The minimum absolute atomic E-state index is 0.135. The van der Waals surface area contributed by atoms with Crippen molar-refractivity contribution in [1.29, 1.82) is 0 Å². The fourth-order valence-electron chi connectivity index (χ4n) is 2.44. The van der Waals surface area contributed by atoms with E-state index in [9.17, 15) is 4.79 Å². The van der Waals surface area contributed by atoms with Crippen LogP contribution in [0.15, 0.2) is 24.3 Å². The van der Waals surface area contributed by atoms with E-state index >= 15 is 0 Å². The number of hydrogen-bond acceptors (Lipinski definition) is 3. The summed E-state index contributed by atoms with van der Waals surface area (Å²) in [6.45, 7) is 4.67. The summed E-state index contributed by atoms with van der Waals surface area (Å²) in [5.74, 6) is 0.135. The first kappa shape index (κ1) is 14.0. The number of aryl methyl sites for hydroxylation is 1. The van der Waals surface area contributed by atoms with E-state index in [0.29, 0.717) is 13.2 Å². The van der Waals surface area contributed by atoms with Crippen molar-refractivity contribution in [2.45, 2.75) is 25.9 Å². The van der Waals surface area contributed by atoms with Crippen molar-refractivity contribution in [2.24, 2.45) is 5.73 Å². The zero-order valence-corrected chi connectivity index (χ0v) is 11.5. The first-order chi connectivity index (χ1) is 9.22. The maximum atomic E-state index is 12.4. The van der Waals surface area contributed by atoms with E-state index in [1.807, 2.05) is 36.1 Å². The molecular formula is C15H22N2O2. The average molecular weight is 262 g/mol. The highest BCUT2D eigenvalue weighted by Gasteiger charge is 2.24. The van der Waals surface area contributed by atoms with Gasteiger partial charge in [-0.2, -0.15) is 0 Å². The highest BCUT2D eigenvalue weighted by molar-refractivity contribution is 5.95. The first-order valence-corrected chi connectivity index (χ1v) is 6.89. The van der Waals surface area contributed by atoms with Crippen LogP contribution in [0.3, 0.4) is 0 Å². The molecule has 1 aliphatic heterocycles. The van der Waals surface area contributed by atoms with E-state index in [0.717, 1.165) is 37.1 Å². The van der Waals surface area contributed by atoms with Gasteiger partial charge >= 0.3 is 0 Å². The van der Waals surface area contributed by atoms with E-state index < -0.39 is 0 Å². The quantitative estimate of drug-likeness (QED) is 0.896. The zero-order chi connectivity index (χ0) is 13.7. The predicted octanol–water partition coefficient (Wildman–Crippen LogP) is 1.57. The van der Waals surface area contributed by atoms with Gasteiger partial charge in [-0.3, -0.25) is 4.79 Å². The molecule has 104 valence electrons. The molecule has 0 unspecified atom stereocenters. The lowest BCUT2D eigenvalue weighted by atomic mass is 10.0. The number of nitrogens with two attached hydrogens (primary N) is 1. The average Bonchev–Trinajstić information content (AvgIpc) is 2.45. The van der Waals surface area contributed by atoms with E-state index in [1.54, 1.807) is 0 Å². The van der Waals surface area contributed by atoms with Gasteiger partial charge in [-0.1, -0.05) is 18.2 Å². The number of amides is 1. The predicted molar refractivity (Wildman–Crippen MR) is 75.1 cm³/mol. The number of benzene rings is 1. The van der Waals surface area contributed by atoms with Crippen LogP contribution in [-0.2, 0) is 4.74 Å². The van der Waals surface area contributed by atoms with Crippen LogP contribution in [0.1, 0.15) is 28.8 Å². The molecule has 1 aromatic rings. The fraction of sp³-hybridized carbons (Fsp3) is 0.533. The summed E-state index contributed by atoms with van der Waals surface area (Å²) in [5, 5.41) is 0. The van der Waals surface area contributed by atoms with Crippen molar-refractivity contribution in [3.63, 3.8) is 0 Å². The van der Waals surface area contributed by atoms with Crippen LogP contribution >= 0.6 is 0 Å². The minimum Gasteiger partial charge on any atom is -0.377 e. The second-order valence-electron chi connectivity index (χ2n) is 4.97. The van der Waals surface area contributed by atoms with Crippen LogP contribution in [0.5, 0.6) is 0 Å². The normalized spacial score (nSPS) is 16.6. The van der Waals surface area contributed by atoms with Gasteiger partial charge in [-0.05, 0) is 31.4 Å². The van der Waals surface area contributed by atoms with Crippen LogP contribution in [0.4, 0.5) is 0 Å². The third-order valence-corrected chi connectivity index (χ3v) is 3.58. The summed E-state index contributed by atoms with van der Waals surface area (Å²) in [5.41, 5.74) is 7.27. The molecule has 0 spiro atoms. The van der Waals surface area contributed by atoms with Crippen LogP contribution in [-0.4, -0.2) is 43.2 Å². The molecule has 4 heteroatoms. The molecule has 2 rings (SSSR count). The first-order valence-electron chi connectivity index (χ1n) is 6.89. The monoisotopic (exact) mass is 262 g/mol. The molecule has 1 heterocycles. The van der Waals surface area contributed by atoms with Crippen molar-refractivity contribution >= 4 is 5.91 Å². The summed E-state index contributed by atoms with van der Waals surface area (Å²) in [6, 6.07) is 7.75. The van der Waals surface area contributed by atoms with Gasteiger partial charge < -0.3 is 15.4 Å². The van der Waals surface area contributed by atoms with Gasteiger partial charge in [0.15, 0.2) is 0 Å². The molecule has 0 aliphatic carbocycles. The van der Waals surface area contributed by atoms with Gasteiger partial charge in [0.25, 0.3) is 5.91 Å². The number of ether oxygens (including phenoxy) is 1. The van der Waals surface area contributed by atoms with Crippen LogP contribution < -0.4 is 5.73 Å². The second-order valence-corrected chi connectivity index (χ2v) is 4.97. The van der Waals surface area contributed by atoms with E-state index in [1.165, 1.54) is 0 Å². The van der Waals surface area contributed by atoms with Gasteiger partial charge in [0, 0.05) is 25.2 Å². The van der Waals surface area contributed by atoms with Gasteiger partial charge in [-0.15, -0.1) is 0 Å². The molecule has 0 aromatic heterocycles. The number of likely N-dealkylation sites (tertiary alicyclic amines) is 1. The Morgan fingerprint density at radius 3 is 2.68 bits per heavy atom. The standard InChI is InChI=1S/C15H22N2O2/c1-12-4-2-3-5-14(12)15(18)17-9-6-13(7-10-17)19-11-8-16/h2-5,13H,6-11,16H2,1H3. The van der Waals surface area contributed by atoms with Crippen molar-refractivity contribution in [1.82, 2.24) is 4.90 Å². The third-order valence-electron chi connectivity index (χ3n) is 3.58.